The van der Waals surface area contributed by atoms with Crippen LogP contribution in [0.4, 0.5) is 0 Å². The maximum atomic E-state index is 2.92. The Hall–Kier alpha value is -1.24. The van der Waals surface area contributed by atoms with Gasteiger partial charge in [-0.1, -0.05) is 37.1 Å². The van der Waals surface area contributed by atoms with Crippen LogP contribution in [0.2, 0.25) is 0 Å². The zero-order chi connectivity index (χ0) is 10.6. The average Bonchev–Trinajstić information content (AvgIpc) is 2.48. The van der Waals surface area contributed by atoms with E-state index in [-0.39, 0.29) is 0 Å². The van der Waals surface area contributed by atoms with Gasteiger partial charge >= 0.3 is 0 Å². The Morgan fingerprint density at radius 3 is 1.67 bits per heavy atom. The summed E-state index contributed by atoms with van der Waals surface area (Å²) in [6, 6.07) is 0. The Balaban J connectivity index is 0.000000151. The van der Waals surface area contributed by atoms with Crippen molar-refractivity contribution in [2.75, 3.05) is 0 Å². The zero-order valence-electron chi connectivity index (χ0n) is 9.36. The fourth-order valence-electron chi connectivity index (χ4n) is 1.52. The van der Waals surface area contributed by atoms with Crippen LogP contribution in [0.3, 0.4) is 0 Å². The molecule has 1 heterocycles. The molecule has 1 aliphatic carbocycles. The Morgan fingerprint density at radius 2 is 1.13 bits per heavy atom. The maximum absolute atomic E-state index is 2.92. The summed E-state index contributed by atoms with van der Waals surface area (Å²) in [6.07, 6.45) is 24.6. The summed E-state index contributed by atoms with van der Waals surface area (Å²) in [5, 5.41) is 2.92. The van der Waals surface area contributed by atoms with Crippen molar-refractivity contribution in [3.63, 3.8) is 0 Å². The summed E-state index contributed by atoms with van der Waals surface area (Å²) in [5.74, 6) is 0. The molecule has 0 unspecified atom stereocenters. The van der Waals surface area contributed by atoms with Gasteiger partial charge in [0.1, 0.15) is 0 Å². The topological polar surface area (TPSA) is 12.0 Å². The summed E-state index contributed by atoms with van der Waals surface area (Å²) < 4.78 is 0. The molecule has 1 N–H and O–H groups in total. The number of rotatable bonds is 0. The van der Waals surface area contributed by atoms with Gasteiger partial charge in [0.25, 0.3) is 0 Å². The van der Waals surface area contributed by atoms with Crippen LogP contribution in [-0.2, 0) is 0 Å². The number of nitrogens with one attached hydrogen (secondary N) is 1. The molecular weight excluding hydrogens is 182 g/mol. The molecule has 15 heavy (non-hydrogen) atoms. The summed E-state index contributed by atoms with van der Waals surface area (Å²) in [4.78, 5) is 0. The van der Waals surface area contributed by atoms with Crippen LogP contribution in [0.25, 0.3) is 0 Å². The predicted octanol–water partition coefficient (Wildman–Crippen LogP) is 4.07. The Kier molecular flexibility index (Phi) is 7.35. The molecule has 0 saturated heterocycles. The summed E-state index contributed by atoms with van der Waals surface area (Å²) in [7, 11) is 0. The van der Waals surface area contributed by atoms with E-state index in [1.54, 1.807) is 0 Å². The Morgan fingerprint density at radius 1 is 0.600 bits per heavy atom. The SMILES string of the molecule is C1=CC=CNC=C1.C1=CCCCCCC1. The Bertz CT molecular complexity index is 222. The van der Waals surface area contributed by atoms with Gasteiger partial charge in [-0.3, -0.25) is 0 Å². The van der Waals surface area contributed by atoms with E-state index in [4.69, 9.17) is 0 Å². The lowest BCUT2D eigenvalue weighted by molar-refractivity contribution is 0.638. The van der Waals surface area contributed by atoms with E-state index in [9.17, 15) is 0 Å². The molecule has 2 rings (SSSR count). The zero-order valence-corrected chi connectivity index (χ0v) is 9.36. The number of hydrogen-bond acceptors (Lipinski definition) is 1. The van der Waals surface area contributed by atoms with Crippen LogP contribution in [0.5, 0.6) is 0 Å². The quantitative estimate of drug-likeness (QED) is 0.585. The largest absolute Gasteiger partial charge is 0.368 e. The van der Waals surface area contributed by atoms with E-state index in [0.29, 0.717) is 0 Å². The second-order valence-corrected chi connectivity index (χ2v) is 3.73. The molecular formula is C14H21N. The van der Waals surface area contributed by atoms with E-state index in [0.717, 1.165) is 0 Å². The molecule has 0 spiro atoms. The molecule has 1 nitrogen and oxygen atoms in total. The van der Waals surface area contributed by atoms with Crippen molar-refractivity contribution in [1.29, 1.82) is 0 Å². The molecule has 0 fully saturated rings. The minimum absolute atomic E-state index is 1.32. The van der Waals surface area contributed by atoms with E-state index in [1.807, 2.05) is 36.7 Å². The van der Waals surface area contributed by atoms with Crippen LogP contribution in [0.15, 0.2) is 48.9 Å². The van der Waals surface area contributed by atoms with Crippen LogP contribution in [-0.4, -0.2) is 0 Å². The molecule has 0 aromatic rings. The third-order valence-corrected chi connectivity index (χ3v) is 2.38. The minimum atomic E-state index is 1.32. The van der Waals surface area contributed by atoms with Gasteiger partial charge in [0.05, 0.1) is 0 Å². The highest BCUT2D eigenvalue weighted by atomic mass is 14.8. The molecule has 0 saturated carbocycles. The molecule has 0 amide bonds. The van der Waals surface area contributed by atoms with Crippen LogP contribution >= 0.6 is 0 Å². The van der Waals surface area contributed by atoms with Gasteiger partial charge < -0.3 is 5.32 Å². The lowest BCUT2D eigenvalue weighted by Crippen LogP contribution is -1.87. The Labute approximate surface area is 93.3 Å². The van der Waals surface area contributed by atoms with E-state index in [2.05, 4.69) is 17.5 Å². The van der Waals surface area contributed by atoms with Crippen LogP contribution in [0, 0.1) is 0 Å². The molecule has 0 bridgehead atoms. The normalized spacial score (nSPS) is 19.2. The van der Waals surface area contributed by atoms with E-state index in [1.165, 1.54) is 38.5 Å². The number of hydrogen-bond donors (Lipinski definition) is 1. The maximum Gasteiger partial charge on any atom is 0.000442 e. The third-order valence-electron chi connectivity index (χ3n) is 2.38. The highest BCUT2D eigenvalue weighted by Crippen LogP contribution is 2.09. The van der Waals surface area contributed by atoms with Crippen molar-refractivity contribution >= 4 is 0 Å². The molecule has 0 aromatic carbocycles. The molecule has 0 aromatic heterocycles. The molecule has 82 valence electrons. The molecule has 0 radical (unpaired) electrons. The van der Waals surface area contributed by atoms with Gasteiger partial charge in [-0.05, 0) is 37.8 Å². The van der Waals surface area contributed by atoms with E-state index < -0.39 is 0 Å². The molecule has 1 heteroatoms. The first-order valence-corrected chi connectivity index (χ1v) is 5.89. The summed E-state index contributed by atoms with van der Waals surface area (Å²) in [6.45, 7) is 0. The first-order chi connectivity index (χ1) is 7.50. The second-order valence-electron chi connectivity index (χ2n) is 3.73. The van der Waals surface area contributed by atoms with Gasteiger partial charge in [-0.25, -0.2) is 0 Å². The van der Waals surface area contributed by atoms with Gasteiger partial charge in [0.2, 0.25) is 0 Å². The first-order valence-electron chi connectivity index (χ1n) is 5.89. The van der Waals surface area contributed by atoms with Crippen molar-refractivity contribution in [1.82, 2.24) is 5.32 Å². The first kappa shape index (κ1) is 11.8. The monoisotopic (exact) mass is 203 g/mol. The van der Waals surface area contributed by atoms with Crippen molar-refractivity contribution < 1.29 is 0 Å². The average molecular weight is 203 g/mol. The van der Waals surface area contributed by atoms with Crippen molar-refractivity contribution in [3.05, 3.63) is 48.9 Å². The highest BCUT2D eigenvalue weighted by Gasteiger charge is 1.89. The van der Waals surface area contributed by atoms with Crippen LogP contribution < -0.4 is 5.32 Å². The second kappa shape index (κ2) is 9.32. The minimum Gasteiger partial charge on any atom is -0.368 e. The molecule has 2 aliphatic rings. The lowest BCUT2D eigenvalue weighted by Gasteiger charge is -2.00. The third kappa shape index (κ3) is 7.80. The van der Waals surface area contributed by atoms with Gasteiger partial charge in [-0.2, -0.15) is 0 Å². The van der Waals surface area contributed by atoms with Gasteiger partial charge in [0, 0.05) is 12.4 Å². The fourth-order valence-corrected chi connectivity index (χ4v) is 1.52. The van der Waals surface area contributed by atoms with Crippen molar-refractivity contribution in [3.8, 4) is 0 Å². The van der Waals surface area contributed by atoms with Crippen molar-refractivity contribution in [2.24, 2.45) is 0 Å². The van der Waals surface area contributed by atoms with Crippen molar-refractivity contribution in [2.45, 2.75) is 38.5 Å². The van der Waals surface area contributed by atoms with E-state index >= 15 is 0 Å². The summed E-state index contributed by atoms with van der Waals surface area (Å²) in [5.41, 5.74) is 0. The molecule has 0 atom stereocenters. The van der Waals surface area contributed by atoms with Gasteiger partial charge in [0.15, 0.2) is 0 Å². The standard InChI is InChI=1S/C8H14.C6H7N/c1-2-4-6-8-7-5-3-1;1-2-4-6-7-5-3-1/h1-2H,3-8H2;1-7H. The number of allylic oxidation sites excluding steroid dienone is 6. The lowest BCUT2D eigenvalue weighted by atomic mass is 10.1. The van der Waals surface area contributed by atoms with Crippen LogP contribution in [0.1, 0.15) is 38.5 Å². The van der Waals surface area contributed by atoms with Gasteiger partial charge in [-0.15, -0.1) is 0 Å². The molecule has 1 aliphatic heterocycles. The smallest absolute Gasteiger partial charge is 0.000442 e. The summed E-state index contributed by atoms with van der Waals surface area (Å²) >= 11 is 0. The highest BCUT2D eigenvalue weighted by molar-refractivity contribution is 5.14. The predicted molar refractivity (Wildman–Crippen MR) is 67.4 cm³/mol. The fraction of sp³-hybridized carbons (Fsp3) is 0.429.